The number of hydrogen-bond donors (Lipinski definition) is 2. The van der Waals surface area contributed by atoms with Gasteiger partial charge in [-0.25, -0.2) is 4.98 Å². The van der Waals surface area contributed by atoms with Gasteiger partial charge in [-0.15, -0.1) is 0 Å². The second-order valence-electron chi connectivity index (χ2n) is 14.1. The smallest absolute Gasteiger partial charge is 0.254 e. The number of rotatable bonds is 19. The van der Waals surface area contributed by atoms with Crippen LogP contribution in [0.25, 0.3) is 22.3 Å². The van der Waals surface area contributed by atoms with Crippen LogP contribution in [0.5, 0.6) is 5.75 Å². The predicted molar refractivity (Wildman–Crippen MR) is 204 cm³/mol. The monoisotopic (exact) mass is 679 g/mol. The maximum Gasteiger partial charge on any atom is 0.254 e. The van der Waals surface area contributed by atoms with Gasteiger partial charge in [-0.1, -0.05) is 90.0 Å². The third kappa shape index (κ3) is 8.54. The number of Topliss-reactive ketones (excluding diaryl/α,β-unsaturated/α-hetero) is 1. The Balaban J connectivity index is 1.10. The minimum Gasteiger partial charge on any atom is -0.444 e. The van der Waals surface area contributed by atoms with E-state index in [0.29, 0.717) is 42.0 Å². The molecule has 0 unspecified atom stereocenters. The van der Waals surface area contributed by atoms with Crippen LogP contribution in [0, 0.1) is 5.41 Å². The van der Waals surface area contributed by atoms with Crippen molar-refractivity contribution in [1.82, 2.24) is 9.55 Å². The predicted octanol–water partition coefficient (Wildman–Crippen LogP) is 10.1. The van der Waals surface area contributed by atoms with Crippen molar-refractivity contribution in [3.63, 3.8) is 0 Å². The Morgan fingerprint density at radius 3 is 2.30 bits per heavy atom. The molecule has 2 aromatic heterocycles. The molecular formula is C43H57N3O4. The van der Waals surface area contributed by atoms with Crippen molar-refractivity contribution in [2.75, 3.05) is 0 Å². The van der Waals surface area contributed by atoms with Gasteiger partial charge in [0.2, 0.25) is 0 Å². The molecule has 0 amide bonds. The summed E-state index contributed by atoms with van der Waals surface area (Å²) in [5, 5.41) is 20.7. The Morgan fingerprint density at radius 2 is 1.60 bits per heavy atom. The molecule has 3 heterocycles. The van der Waals surface area contributed by atoms with E-state index in [0.717, 1.165) is 53.4 Å². The zero-order chi connectivity index (χ0) is 35.5. The quantitative estimate of drug-likeness (QED) is 0.0444. The number of ether oxygens (including phenoxy) is 1. The van der Waals surface area contributed by atoms with Crippen molar-refractivity contribution in [2.24, 2.45) is 0 Å². The van der Waals surface area contributed by atoms with E-state index in [-0.39, 0.29) is 30.1 Å². The van der Waals surface area contributed by atoms with Crippen LogP contribution >= 0.6 is 0 Å². The van der Waals surface area contributed by atoms with Gasteiger partial charge in [-0.05, 0) is 87.6 Å². The first-order valence-corrected chi connectivity index (χ1v) is 19.4. The lowest BCUT2D eigenvalue weighted by molar-refractivity contribution is -0.140. The lowest BCUT2D eigenvalue weighted by Gasteiger charge is -2.32. The van der Waals surface area contributed by atoms with Crippen LogP contribution in [0.4, 0.5) is 0 Å². The summed E-state index contributed by atoms with van der Waals surface area (Å²) >= 11 is 0. The highest BCUT2D eigenvalue weighted by molar-refractivity contribution is 5.92. The number of nitrogens with zero attached hydrogens (tertiary/aromatic N) is 2. The number of carbonyl (C=O) groups excluding carboxylic acids is 1. The summed E-state index contributed by atoms with van der Waals surface area (Å²) in [6.07, 6.45) is 27.0. The average Bonchev–Trinajstić information content (AvgIpc) is 3.48. The van der Waals surface area contributed by atoms with Crippen LogP contribution in [0.3, 0.4) is 0 Å². The van der Waals surface area contributed by atoms with Crippen molar-refractivity contribution < 1.29 is 14.6 Å². The fourth-order valence-electron chi connectivity index (χ4n) is 7.64. The molecule has 0 saturated carbocycles. The van der Waals surface area contributed by atoms with Crippen molar-refractivity contribution in [3.05, 3.63) is 81.2 Å². The fourth-order valence-corrected chi connectivity index (χ4v) is 7.64. The van der Waals surface area contributed by atoms with Crippen LogP contribution in [0.1, 0.15) is 146 Å². The number of allylic oxidation sites excluding steroid dienone is 4. The Morgan fingerprint density at radius 1 is 0.900 bits per heavy atom. The first-order valence-electron chi connectivity index (χ1n) is 19.4. The second kappa shape index (κ2) is 17.9. The van der Waals surface area contributed by atoms with Crippen molar-refractivity contribution >= 4 is 22.6 Å². The lowest BCUT2D eigenvalue weighted by atomic mass is 9.77. The van der Waals surface area contributed by atoms with E-state index >= 15 is 0 Å². The Hall–Kier alpha value is -3.84. The number of benzene rings is 1. The molecule has 1 aliphatic carbocycles. The van der Waals surface area contributed by atoms with E-state index in [9.17, 15) is 14.7 Å². The van der Waals surface area contributed by atoms with Gasteiger partial charge in [0.15, 0.2) is 11.7 Å². The van der Waals surface area contributed by atoms with Gasteiger partial charge in [0.25, 0.3) is 5.56 Å². The highest BCUT2D eigenvalue weighted by Crippen LogP contribution is 2.41. The zero-order valence-corrected chi connectivity index (χ0v) is 30.6. The number of aliphatic hydroxyl groups is 1. The second-order valence-corrected chi connectivity index (χ2v) is 14.1. The topological polar surface area (TPSA) is 105 Å². The average molecular weight is 680 g/mol. The van der Waals surface area contributed by atoms with Gasteiger partial charge in [-0.3, -0.25) is 15.0 Å². The molecule has 0 bridgehead atoms. The number of unbranched alkanes of at least 4 members (excludes halogenated alkanes) is 10. The normalized spacial score (nSPS) is 16.8. The standard InChI is InChI=1S/C43H57N3O4/c1-4-7-8-9-10-11-12-13-14-15-16-17-18-19-20-21-22-23-40(44)50-31-24-26-37-34(28-31)32(5-2)35-30-46-38(41(35)45-37)29-36-33(42(46)48)25-27-39(47)43(36,49)6-3/h10-11,13-14,24,26,28-29,44,49H,4-9,12,15-23,25,27,30H2,1-3H3/b11-10-,14-13-,44-40?/t43-/m0/s1. The van der Waals surface area contributed by atoms with E-state index in [1.807, 2.05) is 24.3 Å². The number of carbonyl (C=O) groups is 1. The molecule has 1 atom stereocenters. The lowest BCUT2D eigenvalue weighted by Crippen LogP contribution is -2.43. The number of nitrogens with one attached hydrogen (secondary N) is 1. The zero-order valence-electron chi connectivity index (χ0n) is 30.6. The van der Waals surface area contributed by atoms with Gasteiger partial charge in [0.05, 0.1) is 23.4 Å². The molecule has 7 nitrogen and oxygen atoms in total. The number of hydrogen-bond acceptors (Lipinski definition) is 6. The van der Waals surface area contributed by atoms with E-state index in [4.69, 9.17) is 15.1 Å². The molecule has 2 N–H and O–H groups in total. The summed E-state index contributed by atoms with van der Waals surface area (Å²) in [5.41, 5.74) is 3.50. The van der Waals surface area contributed by atoms with E-state index in [1.165, 1.54) is 64.2 Å². The summed E-state index contributed by atoms with van der Waals surface area (Å²) in [5.74, 6) is 0.683. The van der Waals surface area contributed by atoms with Crippen LogP contribution < -0.4 is 10.3 Å². The summed E-state index contributed by atoms with van der Waals surface area (Å²) in [6, 6.07) is 7.59. The SMILES string of the molecule is CCCCC/C=C\C/C=C\CCCCCCCCCC(=N)Oc1ccc2nc3c(c(CC)c2c1)Cn1c-3cc2c(c1=O)CCC(=O)[C@]2(O)CC. The first-order chi connectivity index (χ1) is 24.3. The highest BCUT2D eigenvalue weighted by Gasteiger charge is 2.43. The van der Waals surface area contributed by atoms with Gasteiger partial charge < -0.3 is 14.4 Å². The number of aryl methyl sites for hydroxylation is 1. The molecule has 50 heavy (non-hydrogen) atoms. The molecule has 0 fully saturated rings. The van der Waals surface area contributed by atoms with Gasteiger partial charge in [-0.2, -0.15) is 0 Å². The first kappa shape index (κ1) is 37.4. The fraction of sp³-hybridized carbons (Fsp3) is 0.535. The van der Waals surface area contributed by atoms with Gasteiger partial charge >= 0.3 is 0 Å². The molecule has 0 saturated heterocycles. The maximum atomic E-state index is 13.7. The molecule has 1 aromatic carbocycles. The number of fused-ring (bicyclic) bond motifs is 5. The van der Waals surface area contributed by atoms with E-state index in [1.54, 1.807) is 11.5 Å². The van der Waals surface area contributed by atoms with E-state index in [2.05, 4.69) is 38.2 Å². The molecule has 2 aliphatic rings. The summed E-state index contributed by atoms with van der Waals surface area (Å²) in [4.78, 5) is 31.4. The minimum atomic E-state index is -1.63. The third-order valence-corrected chi connectivity index (χ3v) is 10.6. The molecule has 3 aromatic rings. The maximum absolute atomic E-state index is 13.7. The molecule has 7 heteroatoms. The van der Waals surface area contributed by atoms with Gasteiger partial charge in [0, 0.05) is 34.9 Å². The largest absolute Gasteiger partial charge is 0.444 e. The number of pyridine rings is 2. The molecular weight excluding hydrogens is 622 g/mol. The Labute approximate surface area is 298 Å². The van der Waals surface area contributed by atoms with Crippen LogP contribution in [-0.4, -0.2) is 26.3 Å². The number of aromatic nitrogens is 2. The van der Waals surface area contributed by atoms with Crippen LogP contribution in [0.2, 0.25) is 0 Å². The molecule has 5 rings (SSSR count). The van der Waals surface area contributed by atoms with Gasteiger partial charge in [0.1, 0.15) is 11.4 Å². The molecule has 0 radical (unpaired) electrons. The van der Waals surface area contributed by atoms with Crippen LogP contribution in [-0.2, 0) is 29.8 Å². The summed E-state index contributed by atoms with van der Waals surface area (Å²) in [6.45, 7) is 6.54. The molecule has 0 spiro atoms. The highest BCUT2D eigenvalue weighted by atomic mass is 16.5. The van der Waals surface area contributed by atoms with Crippen molar-refractivity contribution in [3.8, 4) is 17.1 Å². The Kier molecular flexibility index (Phi) is 13.4. The third-order valence-electron chi connectivity index (χ3n) is 10.6. The Bertz CT molecular complexity index is 1790. The molecule has 268 valence electrons. The molecule has 1 aliphatic heterocycles. The van der Waals surface area contributed by atoms with E-state index < -0.39 is 5.60 Å². The summed E-state index contributed by atoms with van der Waals surface area (Å²) in [7, 11) is 0. The van der Waals surface area contributed by atoms with Crippen molar-refractivity contribution in [2.45, 2.75) is 148 Å². The minimum absolute atomic E-state index is 0.140. The van der Waals surface area contributed by atoms with Crippen molar-refractivity contribution in [1.29, 1.82) is 5.41 Å². The van der Waals surface area contributed by atoms with Crippen LogP contribution in [0.15, 0.2) is 53.4 Å². The number of ketones is 1. The summed E-state index contributed by atoms with van der Waals surface area (Å²) < 4.78 is 7.75.